The molecule has 2 N–H and O–H groups in total. The van der Waals surface area contributed by atoms with Gasteiger partial charge in [0.2, 0.25) is 5.91 Å². The van der Waals surface area contributed by atoms with Crippen molar-refractivity contribution in [2.45, 2.75) is 31.2 Å². The second kappa shape index (κ2) is 2.47. The largest absolute Gasteiger partial charge is 0.353 e. The molecular weight excluding hydrogens is 164 g/mol. The molecule has 3 atom stereocenters. The lowest BCUT2D eigenvalue weighted by molar-refractivity contribution is -0.131. The second-order valence-electron chi connectivity index (χ2n) is 4.73. The van der Waals surface area contributed by atoms with Crippen LogP contribution in [0.25, 0.3) is 0 Å². The Labute approximate surface area is 78.3 Å². The summed E-state index contributed by atoms with van der Waals surface area (Å²) in [6.07, 6.45) is 4.97. The topological polar surface area (TPSA) is 41.1 Å². The molecule has 1 aliphatic heterocycles. The number of nitrogens with one attached hydrogen (secondary N) is 2. The summed E-state index contributed by atoms with van der Waals surface area (Å²) in [6.45, 7) is 1.76. The monoisotopic (exact) mass is 180 g/mol. The van der Waals surface area contributed by atoms with E-state index in [2.05, 4.69) is 10.6 Å². The van der Waals surface area contributed by atoms with Crippen LogP contribution in [0.5, 0.6) is 0 Å². The van der Waals surface area contributed by atoms with E-state index in [-0.39, 0.29) is 11.4 Å². The van der Waals surface area contributed by atoms with Crippen molar-refractivity contribution in [1.82, 2.24) is 10.6 Å². The number of rotatable bonds is 0. The molecule has 72 valence electrons. The quantitative estimate of drug-likeness (QED) is 0.561. The molecule has 0 aromatic heterocycles. The molecule has 13 heavy (non-hydrogen) atoms. The van der Waals surface area contributed by atoms with E-state index in [0.29, 0.717) is 5.92 Å². The lowest BCUT2D eigenvalue weighted by Gasteiger charge is -2.40. The van der Waals surface area contributed by atoms with Crippen molar-refractivity contribution in [3.05, 3.63) is 0 Å². The molecule has 3 aliphatic rings. The summed E-state index contributed by atoms with van der Waals surface area (Å²) in [4.78, 5) is 11.8. The molecule has 3 fully saturated rings. The van der Waals surface area contributed by atoms with Gasteiger partial charge in [-0.1, -0.05) is 6.42 Å². The van der Waals surface area contributed by atoms with Crippen LogP contribution >= 0.6 is 0 Å². The molecule has 1 heterocycles. The molecule has 3 rings (SSSR count). The van der Waals surface area contributed by atoms with E-state index in [9.17, 15) is 4.79 Å². The van der Waals surface area contributed by atoms with Gasteiger partial charge in [0, 0.05) is 13.1 Å². The van der Waals surface area contributed by atoms with Crippen LogP contribution in [0.3, 0.4) is 0 Å². The van der Waals surface area contributed by atoms with Crippen molar-refractivity contribution in [2.24, 2.45) is 11.8 Å². The highest BCUT2D eigenvalue weighted by Gasteiger charge is 2.55. The van der Waals surface area contributed by atoms with Crippen LogP contribution in [-0.4, -0.2) is 24.5 Å². The van der Waals surface area contributed by atoms with Gasteiger partial charge in [-0.3, -0.25) is 4.79 Å². The number of fused-ring (bicyclic) bond motifs is 3. The van der Waals surface area contributed by atoms with Gasteiger partial charge in [0.1, 0.15) is 5.54 Å². The number of amides is 1. The smallest absolute Gasteiger partial charge is 0.240 e. The van der Waals surface area contributed by atoms with E-state index in [4.69, 9.17) is 0 Å². The van der Waals surface area contributed by atoms with Gasteiger partial charge in [-0.15, -0.1) is 0 Å². The van der Waals surface area contributed by atoms with Gasteiger partial charge < -0.3 is 10.6 Å². The van der Waals surface area contributed by atoms with Crippen molar-refractivity contribution < 1.29 is 4.79 Å². The lowest BCUT2D eigenvalue weighted by Crippen LogP contribution is -2.65. The highest BCUT2D eigenvalue weighted by Crippen LogP contribution is 2.51. The number of piperazine rings is 1. The maximum atomic E-state index is 11.8. The highest BCUT2D eigenvalue weighted by molar-refractivity contribution is 5.88. The van der Waals surface area contributed by atoms with Crippen molar-refractivity contribution in [3.8, 4) is 0 Å². The molecular formula is C10H16N2O. The first-order valence-corrected chi connectivity index (χ1v) is 5.34. The summed E-state index contributed by atoms with van der Waals surface area (Å²) in [5.41, 5.74) is -0.152. The zero-order valence-corrected chi connectivity index (χ0v) is 7.81. The Kier molecular flexibility index (Phi) is 1.48. The second-order valence-corrected chi connectivity index (χ2v) is 4.73. The molecule has 2 bridgehead atoms. The van der Waals surface area contributed by atoms with Crippen LogP contribution < -0.4 is 10.6 Å². The van der Waals surface area contributed by atoms with E-state index in [1.165, 1.54) is 19.3 Å². The molecule has 1 spiro atoms. The number of carbonyl (C=O) groups excluding carboxylic acids is 1. The molecule has 0 aromatic rings. The summed E-state index contributed by atoms with van der Waals surface area (Å²) in [7, 11) is 0. The summed E-state index contributed by atoms with van der Waals surface area (Å²) in [5, 5.41) is 6.46. The van der Waals surface area contributed by atoms with Crippen molar-refractivity contribution in [1.29, 1.82) is 0 Å². The third kappa shape index (κ3) is 0.909. The van der Waals surface area contributed by atoms with Gasteiger partial charge in [0.25, 0.3) is 0 Å². The molecule has 3 nitrogen and oxygen atoms in total. The SMILES string of the molecule is O=C1NCCNC12CC1CCC2C1. The predicted octanol–water partition coefficient (Wildman–Crippen LogP) is 0.265. The minimum absolute atomic E-state index is 0.152. The lowest BCUT2D eigenvalue weighted by atomic mass is 9.79. The maximum absolute atomic E-state index is 11.8. The van der Waals surface area contributed by atoms with Gasteiger partial charge >= 0.3 is 0 Å². The van der Waals surface area contributed by atoms with Gasteiger partial charge in [-0.25, -0.2) is 0 Å². The Morgan fingerprint density at radius 2 is 2.23 bits per heavy atom. The summed E-state index contributed by atoms with van der Waals surface area (Å²) in [6, 6.07) is 0. The van der Waals surface area contributed by atoms with E-state index in [0.717, 1.165) is 25.4 Å². The van der Waals surface area contributed by atoms with Crippen LogP contribution in [0.15, 0.2) is 0 Å². The molecule has 0 radical (unpaired) electrons. The molecule has 3 unspecified atom stereocenters. The minimum atomic E-state index is -0.152. The van der Waals surface area contributed by atoms with Crippen molar-refractivity contribution in [3.63, 3.8) is 0 Å². The van der Waals surface area contributed by atoms with Crippen LogP contribution in [0, 0.1) is 11.8 Å². The fourth-order valence-electron chi connectivity index (χ4n) is 3.52. The fourth-order valence-corrected chi connectivity index (χ4v) is 3.52. The van der Waals surface area contributed by atoms with Crippen molar-refractivity contribution >= 4 is 5.91 Å². The average Bonchev–Trinajstić information content (AvgIpc) is 2.70. The van der Waals surface area contributed by atoms with E-state index >= 15 is 0 Å². The highest BCUT2D eigenvalue weighted by atomic mass is 16.2. The average molecular weight is 180 g/mol. The fraction of sp³-hybridized carbons (Fsp3) is 0.900. The first-order chi connectivity index (χ1) is 6.31. The zero-order chi connectivity index (χ0) is 8.89. The molecule has 1 saturated heterocycles. The number of hydrogen-bond acceptors (Lipinski definition) is 2. The Balaban J connectivity index is 1.91. The van der Waals surface area contributed by atoms with Crippen molar-refractivity contribution in [2.75, 3.05) is 13.1 Å². The Morgan fingerprint density at radius 1 is 1.31 bits per heavy atom. The number of hydrogen-bond donors (Lipinski definition) is 2. The minimum Gasteiger partial charge on any atom is -0.353 e. The molecule has 1 amide bonds. The number of carbonyl (C=O) groups is 1. The first-order valence-electron chi connectivity index (χ1n) is 5.34. The first kappa shape index (κ1) is 7.80. The molecule has 3 heteroatoms. The van der Waals surface area contributed by atoms with Gasteiger partial charge in [0.15, 0.2) is 0 Å². The summed E-state index contributed by atoms with van der Waals surface area (Å²) < 4.78 is 0. The zero-order valence-electron chi connectivity index (χ0n) is 7.81. The summed E-state index contributed by atoms with van der Waals surface area (Å²) >= 11 is 0. The Bertz CT molecular complexity index is 253. The predicted molar refractivity (Wildman–Crippen MR) is 49.2 cm³/mol. The van der Waals surface area contributed by atoms with E-state index in [1.807, 2.05) is 0 Å². The van der Waals surface area contributed by atoms with Crippen LogP contribution in [0.1, 0.15) is 25.7 Å². The Hall–Kier alpha value is -0.570. The van der Waals surface area contributed by atoms with Crippen LogP contribution in [0.2, 0.25) is 0 Å². The molecule has 2 aliphatic carbocycles. The van der Waals surface area contributed by atoms with Gasteiger partial charge in [-0.2, -0.15) is 0 Å². The normalized spacial score (nSPS) is 48.5. The Morgan fingerprint density at radius 3 is 2.85 bits per heavy atom. The van der Waals surface area contributed by atoms with Gasteiger partial charge in [-0.05, 0) is 31.1 Å². The standard InChI is InChI=1S/C10H16N2O/c13-9-10(12-4-3-11-9)6-7-1-2-8(10)5-7/h7-8,12H,1-6H2,(H,11,13). The summed E-state index contributed by atoms with van der Waals surface area (Å²) in [5.74, 6) is 1.71. The van der Waals surface area contributed by atoms with E-state index < -0.39 is 0 Å². The molecule has 0 aromatic carbocycles. The van der Waals surface area contributed by atoms with Crippen LogP contribution in [-0.2, 0) is 4.79 Å². The van der Waals surface area contributed by atoms with Crippen LogP contribution in [0.4, 0.5) is 0 Å². The molecule has 2 saturated carbocycles. The van der Waals surface area contributed by atoms with Gasteiger partial charge in [0.05, 0.1) is 0 Å². The maximum Gasteiger partial charge on any atom is 0.240 e. The third-order valence-corrected chi connectivity index (χ3v) is 4.10. The third-order valence-electron chi connectivity index (χ3n) is 4.10. The van der Waals surface area contributed by atoms with E-state index in [1.54, 1.807) is 0 Å².